The van der Waals surface area contributed by atoms with E-state index in [9.17, 15) is 0 Å². The molecule has 1 aliphatic heterocycles. The Balaban J connectivity index is 2.34. The third-order valence-electron chi connectivity index (χ3n) is 3.29. The van der Waals surface area contributed by atoms with Gasteiger partial charge < -0.3 is 15.4 Å². The fraction of sp³-hybridized carbons (Fsp3) is 0.929. The van der Waals surface area contributed by atoms with Crippen LogP contribution in [0, 0.1) is 0 Å². The van der Waals surface area contributed by atoms with Crippen molar-refractivity contribution in [2.24, 2.45) is 4.99 Å². The maximum absolute atomic E-state index is 5.75. The average molecular weight is 255 g/mol. The van der Waals surface area contributed by atoms with E-state index in [1.54, 1.807) is 0 Å². The lowest BCUT2D eigenvalue weighted by Gasteiger charge is -2.21. The van der Waals surface area contributed by atoms with Crippen LogP contribution >= 0.6 is 0 Å². The van der Waals surface area contributed by atoms with Gasteiger partial charge in [0.1, 0.15) is 0 Å². The molecule has 1 saturated heterocycles. The molecule has 1 rings (SSSR count). The maximum atomic E-state index is 5.75. The molecule has 2 N–H and O–H groups in total. The molecule has 0 radical (unpaired) electrons. The number of hydrogen-bond acceptors (Lipinski definition) is 2. The van der Waals surface area contributed by atoms with Crippen LogP contribution in [-0.4, -0.2) is 37.8 Å². The Hall–Kier alpha value is -0.770. The van der Waals surface area contributed by atoms with E-state index in [1.165, 1.54) is 19.3 Å². The zero-order chi connectivity index (χ0) is 13.3. The summed E-state index contributed by atoms with van der Waals surface area (Å²) in [6.45, 7) is 10.00. The van der Waals surface area contributed by atoms with Gasteiger partial charge in [0.25, 0.3) is 0 Å². The van der Waals surface area contributed by atoms with Crippen molar-refractivity contribution in [3.63, 3.8) is 0 Å². The molecule has 0 aromatic heterocycles. The van der Waals surface area contributed by atoms with Crippen molar-refractivity contribution < 1.29 is 4.74 Å². The van der Waals surface area contributed by atoms with E-state index in [1.807, 2.05) is 0 Å². The molecule has 0 saturated carbocycles. The van der Waals surface area contributed by atoms with Gasteiger partial charge in [0, 0.05) is 19.7 Å². The fourth-order valence-corrected chi connectivity index (χ4v) is 2.13. The second-order valence-electron chi connectivity index (χ2n) is 5.23. The van der Waals surface area contributed by atoms with Gasteiger partial charge in [0.15, 0.2) is 5.96 Å². The molecule has 4 heteroatoms. The fourth-order valence-electron chi connectivity index (χ4n) is 2.13. The third-order valence-corrected chi connectivity index (χ3v) is 3.29. The van der Waals surface area contributed by atoms with Crippen molar-refractivity contribution in [2.75, 3.05) is 26.2 Å². The summed E-state index contributed by atoms with van der Waals surface area (Å²) in [6.07, 6.45) is 6.00. The van der Waals surface area contributed by atoms with Gasteiger partial charge in [0.2, 0.25) is 0 Å². The maximum Gasteiger partial charge on any atom is 0.191 e. The summed E-state index contributed by atoms with van der Waals surface area (Å²) in [5, 5.41) is 6.66. The van der Waals surface area contributed by atoms with Crippen LogP contribution in [0.25, 0.3) is 0 Å². The van der Waals surface area contributed by atoms with E-state index in [0.29, 0.717) is 0 Å². The molecule has 1 heterocycles. The quantitative estimate of drug-likeness (QED) is 0.417. The van der Waals surface area contributed by atoms with E-state index in [4.69, 9.17) is 4.74 Å². The Bertz CT molecular complexity index is 247. The van der Waals surface area contributed by atoms with Crippen LogP contribution in [0.1, 0.15) is 52.9 Å². The van der Waals surface area contributed by atoms with E-state index in [2.05, 4.69) is 36.4 Å². The molecule has 0 aliphatic carbocycles. The number of nitrogens with zero attached hydrogens (tertiary/aromatic N) is 1. The van der Waals surface area contributed by atoms with Crippen LogP contribution in [0.2, 0.25) is 0 Å². The first-order valence-electron chi connectivity index (χ1n) is 7.36. The molecule has 0 bridgehead atoms. The number of nitrogens with one attached hydrogen (secondary N) is 2. The molecule has 0 aromatic carbocycles. The van der Waals surface area contributed by atoms with Gasteiger partial charge in [-0.15, -0.1) is 0 Å². The summed E-state index contributed by atoms with van der Waals surface area (Å²) in [5.74, 6) is 0.922. The highest BCUT2D eigenvalue weighted by Crippen LogP contribution is 2.24. The van der Waals surface area contributed by atoms with Gasteiger partial charge in [0.05, 0.1) is 12.1 Å². The SMILES string of the molecule is CCCCCNC(=NCC1(C)CCCO1)NCC. The minimum atomic E-state index is -0.0498. The number of hydrogen-bond donors (Lipinski definition) is 2. The number of unbranched alkanes of at least 4 members (excludes halogenated alkanes) is 2. The predicted octanol–water partition coefficient (Wildman–Crippen LogP) is 2.30. The summed E-state index contributed by atoms with van der Waals surface area (Å²) in [5.41, 5.74) is -0.0498. The number of ether oxygens (including phenoxy) is 1. The number of aliphatic imine (C=N–C) groups is 1. The summed E-state index contributed by atoms with van der Waals surface area (Å²) in [6, 6.07) is 0. The molecule has 0 aromatic rings. The lowest BCUT2D eigenvalue weighted by atomic mass is 10.0. The van der Waals surface area contributed by atoms with Gasteiger partial charge in [-0.05, 0) is 33.1 Å². The van der Waals surface area contributed by atoms with Gasteiger partial charge in [-0.2, -0.15) is 0 Å². The number of guanidine groups is 1. The first-order chi connectivity index (χ1) is 8.70. The molecule has 4 nitrogen and oxygen atoms in total. The first kappa shape index (κ1) is 15.3. The Labute approximate surface area is 112 Å². The van der Waals surface area contributed by atoms with Crippen LogP contribution in [0.5, 0.6) is 0 Å². The largest absolute Gasteiger partial charge is 0.373 e. The van der Waals surface area contributed by atoms with Gasteiger partial charge in [-0.1, -0.05) is 19.8 Å². The van der Waals surface area contributed by atoms with E-state index >= 15 is 0 Å². The average Bonchev–Trinajstić information content (AvgIpc) is 2.79. The van der Waals surface area contributed by atoms with Crippen molar-refractivity contribution >= 4 is 5.96 Å². The van der Waals surface area contributed by atoms with Crippen LogP contribution < -0.4 is 10.6 Å². The first-order valence-corrected chi connectivity index (χ1v) is 7.36. The Morgan fingerprint density at radius 3 is 2.72 bits per heavy atom. The smallest absolute Gasteiger partial charge is 0.191 e. The van der Waals surface area contributed by atoms with Crippen LogP contribution in [0.3, 0.4) is 0 Å². The topological polar surface area (TPSA) is 45.7 Å². The second kappa shape index (κ2) is 8.35. The van der Waals surface area contributed by atoms with Crippen molar-refractivity contribution in [3.8, 4) is 0 Å². The zero-order valence-corrected chi connectivity index (χ0v) is 12.2. The summed E-state index contributed by atoms with van der Waals surface area (Å²) in [4.78, 5) is 4.63. The molecule has 1 atom stereocenters. The summed E-state index contributed by atoms with van der Waals surface area (Å²) in [7, 11) is 0. The lowest BCUT2D eigenvalue weighted by Crippen LogP contribution is -2.39. The van der Waals surface area contributed by atoms with Crippen LogP contribution in [0.4, 0.5) is 0 Å². The highest BCUT2D eigenvalue weighted by molar-refractivity contribution is 5.79. The summed E-state index contributed by atoms with van der Waals surface area (Å²) < 4.78 is 5.75. The molecule has 18 heavy (non-hydrogen) atoms. The Morgan fingerprint density at radius 2 is 2.11 bits per heavy atom. The molecule has 106 valence electrons. The normalized spacial score (nSPS) is 24.3. The van der Waals surface area contributed by atoms with Crippen molar-refractivity contribution in [1.82, 2.24) is 10.6 Å². The highest BCUT2D eigenvalue weighted by atomic mass is 16.5. The predicted molar refractivity (Wildman–Crippen MR) is 77.1 cm³/mol. The molecule has 0 amide bonds. The minimum absolute atomic E-state index is 0.0498. The molecule has 0 spiro atoms. The molecular formula is C14H29N3O. The molecule has 1 aliphatic rings. The zero-order valence-electron chi connectivity index (χ0n) is 12.2. The van der Waals surface area contributed by atoms with Gasteiger partial charge >= 0.3 is 0 Å². The second-order valence-corrected chi connectivity index (χ2v) is 5.23. The van der Waals surface area contributed by atoms with Crippen molar-refractivity contribution in [3.05, 3.63) is 0 Å². The molecule has 1 unspecified atom stereocenters. The molecule has 1 fully saturated rings. The third kappa shape index (κ3) is 5.71. The number of rotatable bonds is 7. The van der Waals surface area contributed by atoms with Crippen molar-refractivity contribution in [1.29, 1.82) is 0 Å². The standard InChI is InChI=1S/C14H29N3O/c1-4-6-7-10-16-13(15-5-2)17-12-14(3)9-8-11-18-14/h4-12H2,1-3H3,(H2,15,16,17). The Morgan fingerprint density at radius 1 is 1.28 bits per heavy atom. The molecular weight excluding hydrogens is 226 g/mol. The van der Waals surface area contributed by atoms with E-state index in [0.717, 1.165) is 45.0 Å². The van der Waals surface area contributed by atoms with Crippen LogP contribution in [0.15, 0.2) is 4.99 Å². The highest BCUT2D eigenvalue weighted by Gasteiger charge is 2.29. The van der Waals surface area contributed by atoms with Crippen LogP contribution in [-0.2, 0) is 4.74 Å². The van der Waals surface area contributed by atoms with E-state index in [-0.39, 0.29) is 5.60 Å². The van der Waals surface area contributed by atoms with Gasteiger partial charge in [-0.3, -0.25) is 4.99 Å². The van der Waals surface area contributed by atoms with Crippen molar-refractivity contribution in [2.45, 2.75) is 58.5 Å². The van der Waals surface area contributed by atoms with Gasteiger partial charge in [-0.25, -0.2) is 0 Å². The lowest BCUT2D eigenvalue weighted by molar-refractivity contribution is 0.0283. The Kier molecular flexibility index (Phi) is 7.09. The minimum Gasteiger partial charge on any atom is -0.373 e. The van der Waals surface area contributed by atoms with E-state index < -0.39 is 0 Å². The summed E-state index contributed by atoms with van der Waals surface area (Å²) >= 11 is 0. The monoisotopic (exact) mass is 255 g/mol.